The van der Waals surface area contributed by atoms with Gasteiger partial charge in [0.2, 0.25) is 18.6 Å². The molecule has 0 atom stereocenters. The molecule has 0 unspecified atom stereocenters. The van der Waals surface area contributed by atoms with Crippen LogP contribution in [-0.2, 0) is 9.53 Å². The summed E-state index contributed by atoms with van der Waals surface area (Å²) >= 11 is 0. The van der Waals surface area contributed by atoms with E-state index in [-0.39, 0.29) is 18.4 Å². The third kappa shape index (κ3) is 3.14. The van der Waals surface area contributed by atoms with E-state index in [1.807, 2.05) is 30.3 Å². The first-order valence-corrected chi connectivity index (χ1v) is 10.1. The number of piperazine rings is 1. The quantitative estimate of drug-likeness (QED) is 0.516. The lowest BCUT2D eigenvalue weighted by Gasteiger charge is -2.33. The Labute approximate surface area is 177 Å². The lowest BCUT2D eigenvalue weighted by atomic mass is 10.2. The summed E-state index contributed by atoms with van der Waals surface area (Å²) in [5.41, 5.74) is 2.88. The Hall–Kier alpha value is -4.01. The second kappa shape index (κ2) is 7.05. The first-order chi connectivity index (χ1) is 15.2. The van der Waals surface area contributed by atoms with Crippen LogP contribution in [0.15, 0.2) is 59.4 Å². The molecule has 6 rings (SSSR count). The number of carbonyl (C=O) groups excluding carboxylic acids is 1. The molecule has 1 saturated heterocycles. The molecule has 1 N–H and O–H groups in total. The van der Waals surface area contributed by atoms with Crippen molar-refractivity contribution in [1.82, 2.24) is 14.9 Å². The average molecular weight is 417 g/mol. The normalized spacial score (nSPS) is 19.3. The first-order valence-electron chi connectivity index (χ1n) is 10.1. The highest BCUT2D eigenvalue weighted by molar-refractivity contribution is 6.12. The lowest BCUT2D eigenvalue weighted by molar-refractivity contribution is -0.130. The van der Waals surface area contributed by atoms with E-state index in [0.717, 1.165) is 43.2 Å². The zero-order valence-electron chi connectivity index (χ0n) is 16.6. The second-order valence-corrected chi connectivity index (χ2v) is 7.46. The van der Waals surface area contributed by atoms with Crippen LogP contribution in [0.25, 0.3) is 11.0 Å². The van der Waals surface area contributed by atoms with Crippen LogP contribution in [0.4, 0.5) is 5.95 Å². The highest BCUT2D eigenvalue weighted by atomic mass is 16.7. The van der Waals surface area contributed by atoms with Gasteiger partial charge in [-0.05, 0) is 24.3 Å². The predicted octanol–water partition coefficient (Wildman–Crippen LogP) is 2.26. The number of hydrogen-bond donors (Lipinski definition) is 1. The number of aromatic nitrogens is 2. The number of esters is 1. The molecule has 9 heteroatoms. The number of nitrogens with zero attached hydrogens (tertiary/aromatic N) is 4. The molecular formula is C22H19N5O4. The Bertz CT molecular complexity index is 1210. The molecule has 3 aromatic rings. The van der Waals surface area contributed by atoms with Crippen molar-refractivity contribution >= 4 is 28.8 Å². The van der Waals surface area contributed by atoms with Crippen LogP contribution in [0.1, 0.15) is 5.56 Å². The fraction of sp³-hybridized carbons (Fsp3) is 0.227. The summed E-state index contributed by atoms with van der Waals surface area (Å²) in [5, 5.41) is 0. The van der Waals surface area contributed by atoms with E-state index in [2.05, 4.69) is 24.8 Å². The summed E-state index contributed by atoms with van der Waals surface area (Å²) in [6, 6.07) is 13.4. The highest BCUT2D eigenvalue weighted by Crippen LogP contribution is 2.37. The smallest absolute Gasteiger partial charge is 0.365 e. The van der Waals surface area contributed by atoms with E-state index in [1.54, 1.807) is 18.3 Å². The molecule has 9 nitrogen and oxygen atoms in total. The molecule has 2 aromatic carbocycles. The molecule has 3 aliphatic heterocycles. The number of aromatic amines is 1. The number of aliphatic imine (C=N–C) groups is 1. The molecule has 0 radical (unpaired) electrons. The average Bonchev–Trinajstić information content (AvgIpc) is 3.52. The number of benzene rings is 2. The van der Waals surface area contributed by atoms with E-state index < -0.39 is 5.97 Å². The van der Waals surface area contributed by atoms with Gasteiger partial charge in [0.15, 0.2) is 17.2 Å². The summed E-state index contributed by atoms with van der Waals surface area (Å²) in [7, 11) is 0. The van der Waals surface area contributed by atoms with Crippen molar-refractivity contribution in [2.45, 2.75) is 0 Å². The fourth-order valence-electron chi connectivity index (χ4n) is 3.94. The van der Waals surface area contributed by atoms with Gasteiger partial charge in [0, 0.05) is 32.4 Å². The minimum atomic E-state index is -0.466. The van der Waals surface area contributed by atoms with Crippen molar-refractivity contribution in [3.05, 3.63) is 59.9 Å². The van der Waals surface area contributed by atoms with Gasteiger partial charge in [0.25, 0.3) is 0 Å². The van der Waals surface area contributed by atoms with Gasteiger partial charge in [-0.25, -0.2) is 14.8 Å². The molecule has 0 bridgehead atoms. The number of nitrogens with one attached hydrogen (secondary N) is 1. The largest absolute Gasteiger partial charge is 0.454 e. The van der Waals surface area contributed by atoms with Crippen molar-refractivity contribution in [2.24, 2.45) is 4.99 Å². The summed E-state index contributed by atoms with van der Waals surface area (Å²) in [4.78, 5) is 29.1. The van der Waals surface area contributed by atoms with Gasteiger partial charge in [0.05, 0.1) is 16.6 Å². The number of anilines is 1. The number of rotatable bonds is 3. The van der Waals surface area contributed by atoms with Crippen LogP contribution in [0.5, 0.6) is 11.5 Å². The third-order valence-corrected chi connectivity index (χ3v) is 5.54. The molecule has 31 heavy (non-hydrogen) atoms. The molecule has 156 valence electrons. The summed E-state index contributed by atoms with van der Waals surface area (Å²) < 4.78 is 16.3. The molecule has 0 spiro atoms. The number of cyclic esters (lactones) is 1. The molecule has 1 fully saturated rings. The Balaban J connectivity index is 1.17. The fourth-order valence-corrected chi connectivity index (χ4v) is 3.94. The Kier molecular flexibility index (Phi) is 4.05. The molecule has 3 aliphatic rings. The van der Waals surface area contributed by atoms with E-state index >= 15 is 0 Å². The minimum absolute atomic E-state index is 0.145. The maximum atomic E-state index is 12.4. The second-order valence-electron chi connectivity index (χ2n) is 7.46. The van der Waals surface area contributed by atoms with Gasteiger partial charge in [-0.2, -0.15) is 0 Å². The molecule has 0 amide bonds. The van der Waals surface area contributed by atoms with Crippen LogP contribution in [0.3, 0.4) is 0 Å². The van der Waals surface area contributed by atoms with Crippen molar-refractivity contribution in [1.29, 1.82) is 0 Å². The van der Waals surface area contributed by atoms with Crippen LogP contribution < -0.4 is 14.4 Å². The maximum Gasteiger partial charge on any atom is 0.365 e. The van der Waals surface area contributed by atoms with Crippen molar-refractivity contribution in [2.75, 3.05) is 37.9 Å². The number of fused-ring (bicyclic) bond motifs is 2. The first kappa shape index (κ1) is 17.8. The van der Waals surface area contributed by atoms with Gasteiger partial charge in [-0.15, -0.1) is 0 Å². The summed E-state index contributed by atoms with van der Waals surface area (Å²) in [6.07, 6.45) is 1.77. The number of hydrogen-bond acceptors (Lipinski definition) is 8. The monoisotopic (exact) mass is 417 g/mol. The molecule has 1 aromatic heterocycles. The zero-order valence-corrected chi connectivity index (χ0v) is 16.6. The highest BCUT2D eigenvalue weighted by Gasteiger charge is 2.30. The number of para-hydroxylation sites is 3. The SMILES string of the molecule is O=C1OC(c2cccc3c2OCO3)=N/C1=C/N1CCN(c2nc3ccccc3[nH]2)CC1. The van der Waals surface area contributed by atoms with E-state index in [4.69, 9.17) is 14.2 Å². The van der Waals surface area contributed by atoms with Gasteiger partial charge < -0.3 is 29.0 Å². The third-order valence-electron chi connectivity index (χ3n) is 5.54. The minimum Gasteiger partial charge on any atom is -0.454 e. The number of ether oxygens (including phenoxy) is 3. The summed E-state index contributed by atoms with van der Waals surface area (Å²) in [6.45, 7) is 3.21. The van der Waals surface area contributed by atoms with Gasteiger partial charge in [0.1, 0.15) is 0 Å². The van der Waals surface area contributed by atoms with Crippen LogP contribution in [0, 0.1) is 0 Å². The van der Waals surface area contributed by atoms with Crippen molar-refractivity contribution < 1.29 is 19.0 Å². The zero-order chi connectivity index (χ0) is 20.8. The van der Waals surface area contributed by atoms with Crippen molar-refractivity contribution in [3.8, 4) is 11.5 Å². The van der Waals surface area contributed by atoms with Crippen LogP contribution in [0.2, 0.25) is 0 Å². The number of carbonyl (C=O) groups is 1. The van der Waals surface area contributed by atoms with E-state index in [0.29, 0.717) is 17.1 Å². The molecule has 0 aliphatic carbocycles. The van der Waals surface area contributed by atoms with Crippen LogP contribution >= 0.6 is 0 Å². The van der Waals surface area contributed by atoms with Crippen LogP contribution in [-0.4, -0.2) is 59.7 Å². The topological polar surface area (TPSA) is 92.3 Å². The van der Waals surface area contributed by atoms with E-state index in [9.17, 15) is 4.79 Å². The van der Waals surface area contributed by atoms with Gasteiger partial charge in [-0.1, -0.05) is 18.2 Å². The maximum absolute atomic E-state index is 12.4. The Morgan fingerprint density at radius 1 is 1.00 bits per heavy atom. The van der Waals surface area contributed by atoms with Crippen molar-refractivity contribution in [3.63, 3.8) is 0 Å². The van der Waals surface area contributed by atoms with E-state index in [1.165, 1.54) is 0 Å². The Morgan fingerprint density at radius 3 is 2.74 bits per heavy atom. The Morgan fingerprint density at radius 2 is 1.87 bits per heavy atom. The molecular weight excluding hydrogens is 398 g/mol. The number of H-pyrrole nitrogens is 1. The molecule has 0 saturated carbocycles. The standard InChI is InChI=1S/C22H19N5O4/c28-21-17(23-20(31-21)14-4-3-7-18-19(14)30-13-29-18)12-26-8-10-27(11-9-26)22-24-15-5-1-2-6-16(15)25-22/h1-7,12H,8-11,13H2,(H,24,25)/b17-12+. The predicted molar refractivity (Wildman–Crippen MR) is 113 cm³/mol. The lowest BCUT2D eigenvalue weighted by Crippen LogP contribution is -2.44. The number of imidazole rings is 1. The van der Waals surface area contributed by atoms with Gasteiger partial charge >= 0.3 is 5.97 Å². The van der Waals surface area contributed by atoms with Gasteiger partial charge in [-0.3, -0.25) is 0 Å². The molecule has 4 heterocycles. The summed E-state index contributed by atoms with van der Waals surface area (Å²) in [5.74, 6) is 1.81.